The SMILES string of the molecule is CCN(CCCBr)C(=O)c1ccc(Br)cn1. The summed E-state index contributed by atoms with van der Waals surface area (Å²) in [5, 5.41) is 0.907. The monoisotopic (exact) mass is 348 g/mol. The third-order valence-electron chi connectivity index (χ3n) is 2.18. The Morgan fingerprint density at radius 2 is 2.25 bits per heavy atom. The molecule has 88 valence electrons. The van der Waals surface area contributed by atoms with Crippen molar-refractivity contribution in [2.24, 2.45) is 0 Å². The standard InChI is InChI=1S/C11H14Br2N2O/c1-2-15(7-3-6-12)11(16)10-5-4-9(13)8-14-10/h4-5,8H,2-3,6-7H2,1H3. The fourth-order valence-electron chi connectivity index (χ4n) is 1.32. The molecule has 0 bridgehead atoms. The van der Waals surface area contributed by atoms with Gasteiger partial charge in [-0.1, -0.05) is 15.9 Å². The summed E-state index contributed by atoms with van der Waals surface area (Å²) >= 11 is 6.66. The third kappa shape index (κ3) is 3.87. The molecule has 0 unspecified atom stereocenters. The first-order valence-corrected chi connectivity index (χ1v) is 7.07. The Morgan fingerprint density at radius 3 is 2.75 bits per heavy atom. The molecule has 1 amide bonds. The van der Waals surface area contributed by atoms with Crippen LogP contribution in [0.25, 0.3) is 0 Å². The van der Waals surface area contributed by atoms with Gasteiger partial charge in [-0.15, -0.1) is 0 Å². The highest BCUT2D eigenvalue weighted by atomic mass is 79.9. The van der Waals surface area contributed by atoms with Crippen LogP contribution in [0, 0.1) is 0 Å². The summed E-state index contributed by atoms with van der Waals surface area (Å²) in [5.74, 6) is -0.00375. The van der Waals surface area contributed by atoms with E-state index in [-0.39, 0.29) is 5.91 Å². The zero-order chi connectivity index (χ0) is 12.0. The molecule has 0 radical (unpaired) electrons. The van der Waals surface area contributed by atoms with Gasteiger partial charge in [-0.3, -0.25) is 4.79 Å². The van der Waals surface area contributed by atoms with Crippen molar-refractivity contribution in [3.63, 3.8) is 0 Å². The molecule has 1 heterocycles. The Labute approximate surface area is 112 Å². The molecule has 1 aromatic heterocycles. The predicted octanol–water partition coefficient (Wildman–Crippen LogP) is 3.09. The van der Waals surface area contributed by atoms with E-state index in [1.54, 1.807) is 17.2 Å². The normalized spacial score (nSPS) is 10.2. The Kier molecular flexibility index (Phi) is 5.98. The fraction of sp³-hybridized carbons (Fsp3) is 0.455. The second-order valence-electron chi connectivity index (χ2n) is 3.29. The van der Waals surface area contributed by atoms with Gasteiger partial charge < -0.3 is 4.90 Å². The lowest BCUT2D eigenvalue weighted by atomic mass is 10.3. The number of hydrogen-bond donors (Lipinski definition) is 0. The second kappa shape index (κ2) is 7.01. The van der Waals surface area contributed by atoms with Gasteiger partial charge in [0.05, 0.1) is 0 Å². The topological polar surface area (TPSA) is 33.2 Å². The van der Waals surface area contributed by atoms with Crippen molar-refractivity contribution in [2.45, 2.75) is 13.3 Å². The molecular weight excluding hydrogens is 336 g/mol. The van der Waals surface area contributed by atoms with Gasteiger partial charge in [0, 0.05) is 29.1 Å². The molecule has 0 fully saturated rings. The summed E-state index contributed by atoms with van der Waals surface area (Å²) in [6, 6.07) is 3.57. The quantitative estimate of drug-likeness (QED) is 0.765. The molecule has 0 aliphatic heterocycles. The lowest BCUT2D eigenvalue weighted by Gasteiger charge is -2.19. The van der Waals surface area contributed by atoms with Crippen molar-refractivity contribution in [2.75, 3.05) is 18.4 Å². The molecular formula is C11H14Br2N2O. The van der Waals surface area contributed by atoms with E-state index in [0.29, 0.717) is 12.2 Å². The molecule has 0 saturated carbocycles. The van der Waals surface area contributed by atoms with Crippen LogP contribution in [0.4, 0.5) is 0 Å². The molecule has 0 aliphatic carbocycles. The number of hydrogen-bond acceptors (Lipinski definition) is 2. The van der Waals surface area contributed by atoms with Gasteiger partial charge in [-0.05, 0) is 41.4 Å². The van der Waals surface area contributed by atoms with Crippen molar-refractivity contribution in [1.29, 1.82) is 0 Å². The lowest BCUT2D eigenvalue weighted by molar-refractivity contribution is 0.0759. The molecule has 5 heteroatoms. The molecule has 1 rings (SSSR count). The number of rotatable bonds is 5. The minimum absolute atomic E-state index is 0.00375. The highest BCUT2D eigenvalue weighted by molar-refractivity contribution is 9.10. The zero-order valence-electron chi connectivity index (χ0n) is 9.12. The molecule has 0 saturated heterocycles. The van der Waals surface area contributed by atoms with Gasteiger partial charge in [0.15, 0.2) is 0 Å². The number of alkyl halides is 1. The number of pyridine rings is 1. The van der Waals surface area contributed by atoms with Crippen LogP contribution in [-0.4, -0.2) is 34.2 Å². The highest BCUT2D eigenvalue weighted by Gasteiger charge is 2.14. The molecule has 3 nitrogen and oxygen atoms in total. The Balaban J connectivity index is 2.70. The molecule has 0 aromatic carbocycles. The summed E-state index contributed by atoms with van der Waals surface area (Å²) in [4.78, 5) is 17.9. The van der Waals surface area contributed by atoms with Crippen LogP contribution in [0.1, 0.15) is 23.8 Å². The minimum Gasteiger partial charge on any atom is -0.338 e. The number of nitrogens with zero attached hydrogens (tertiary/aromatic N) is 2. The van der Waals surface area contributed by atoms with Crippen molar-refractivity contribution in [3.8, 4) is 0 Å². The number of aromatic nitrogens is 1. The minimum atomic E-state index is -0.00375. The van der Waals surface area contributed by atoms with Crippen molar-refractivity contribution in [3.05, 3.63) is 28.5 Å². The van der Waals surface area contributed by atoms with Crippen LogP contribution < -0.4 is 0 Å². The van der Waals surface area contributed by atoms with E-state index < -0.39 is 0 Å². The van der Waals surface area contributed by atoms with Crippen LogP contribution in [0.15, 0.2) is 22.8 Å². The maximum Gasteiger partial charge on any atom is 0.272 e. The van der Waals surface area contributed by atoms with Gasteiger partial charge in [-0.2, -0.15) is 0 Å². The fourth-order valence-corrected chi connectivity index (χ4v) is 1.80. The van der Waals surface area contributed by atoms with Gasteiger partial charge in [0.1, 0.15) is 5.69 Å². The van der Waals surface area contributed by atoms with Crippen molar-refractivity contribution >= 4 is 37.8 Å². The number of amides is 1. The van der Waals surface area contributed by atoms with Crippen molar-refractivity contribution in [1.82, 2.24) is 9.88 Å². The lowest BCUT2D eigenvalue weighted by Crippen LogP contribution is -2.32. The summed E-state index contributed by atoms with van der Waals surface area (Å²) in [5.41, 5.74) is 0.500. The number of carbonyl (C=O) groups excluding carboxylic acids is 1. The Bertz CT molecular complexity index is 340. The van der Waals surface area contributed by atoms with Crippen LogP contribution in [-0.2, 0) is 0 Å². The maximum absolute atomic E-state index is 12.0. The Hall–Kier alpha value is -0.420. The maximum atomic E-state index is 12.0. The first kappa shape index (κ1) is 13.6. The van der Waals surface area contributed by atoms with Crippen molar-refractivity contribution < 1.29 is 4.79 Å². The van der Waals surface area contributed by atoms with Crippen LogP contribution in [0.3, 0.4) is 0 Å². The summed E-state index contributed by atoms with van der Waals surface area (Å²) in [6.07, 6.45) is 2.60. The Morgan fingerprint density at radius 1 is 1.50 bits per heavy atom. The van der Waals surface area contributed by atoms with Crippen LogP contribution in [0.2, 0.25) is 0 Å². The van der Waals surface area contributed by atoms with Crippen LogP contribution >= 0.6 is 31.9 Å². The second-order valence-corrected chi connectivity index (χ2v) is 5.00. The largest absolute Gasteiger partial charge is 0.338 e. The smallest absolute Gasteiger partial charge is 0.272 e. The average molecular weight is 350 g/mol. The molecule has 1 aromatic rings. The first-order valence-electron chi connectivity index (χ1n) is 5.15. The van der Waals surface area contributed by atoms with E-state index in [1.165, 1.54) is 0 Å². The van der Waals surface area contributed by atoms with E-state index in [9.17, 15) is 4.79 Å². The first-order chi connectivity index (χ1) is 7.69. The van der Waals surface area contributed by atoms with E-state index in [4.69, 9.17) is 0 Å². The average Bonchev–Trinajstić information content (AvgIpc) is 2.30. The van der Waals surface area contributed by atoms with E-state index in [1.807, 2.05) is 13.0 Å². The molecule has 0 aliphatic rings. The molecule has 0 spiro atoms. The molecule has 16 heavy (non-hydrogen) atoms. The predicted molar refractivity (Wildman–Crippen MR) is 71.9 cm³/mol. The van der Waals surface area contributed by atoms with Gasteiger partial charge in [0.2, 0.25) is 0 Å². The summed E-state index contributed by atoms with van der Waals surface area (Å²) in [7, 11) is 0. The highest BCUT2D eigenvalue weighted by Crippen LogP contribution is 2.09. The number of carbonyl (C=O) groups is 1. The zero-order valence-corrected chi connectivity index (χ0v) is 12.3. The van der Waals surface area contributed by atoms with E-state index >= 15 is 0 Å². The third-order valence-corrected chi connectivity index (χ3v) is 3.21. The molecule has 0 atom stereocenters. The van der Waals surface area contributed by atoms with Gasteiger partial charge in [-0.25, -0.2) is 4.98 Å². The summed E-state index contributed by atoms with van der Waals surface area (Å²) in [6.45, 7) is 3.45. The van der Waals surface area contributed by atoms with Gasteiger partial charge in [0.25, 0.3) is 5.91 Å². The van der Waals surface area contributed by atoms with E-state index in [2.05, 4.69) is 36.8 Å². The number of halogens is 2. The summed E-state index contributed by atoms with van der Waals surface area (Å²) < 4.78 is 0.882. The van der Waals surface area contributed by atoms with Crippen LogP contribution in [0.5, 0.6) is 0 Å². The molecule has 0 N–H and O–H groups in total. The van der Waals surface area contributed by atoms with E-state index in [0.717, 1.165) is 22.8 Å². The van der Waals surface area contributed by atoms with Gasteiger partial charge >= 0.3 is 0 Å².